The summed E-state index contributed by atoms with van der Waals surface area (Å²) in [5, 5.41) is 13.3. The number of nitro groups is 1. The Balaban J connectivity index is 1.45. The van der Waals surface area contributed by atoms with Crippen LogP contribution in [0.25, 0.3) is 0 Å². The monoisotopic (exact) mass is 476 g/mol. The second-order valence-electron chi connectivity index (χ2n) is 6.91. The first kappa shape index (κ1) is 22.3. The second kappa shape index (κ2) is 9.72. The van der Waals surface area contributed by atoms with Gasteiger partial charge in [0, 0.05) is 28.1 Å². The van der Waals surface area contributed by atoms with Crippen LogP contribution in [-0.2, 0) is 9.59 Å². The van der Waals surface area contributed by atoms with Crippen LogP contribution >= 0.6 is 24.0 Å². The molecule has 10 heteroatoms. The molecule has 1 atom stereocenters. The van der Waals surface area contributed by atoms with Gasteiger partial charge in [-0.2, -0.15) is 0 Å². The Bertz CT molecular complexity index is 1250. The van der Waals surface area contributed by atoms with E-state index in [1.165, 1.54) is 35.0 Å². The third kappa shape index (κ3) is 5.13. The number of anilines is 1. The number of aliphatic imine (C=N–C) groups is 1. The fourth-order valence-electron chi connectivity index (χ4n) is 3.08. The highest BCUT2D eigenvalue weighted by Gasteiger charge is 2.38. The van der Waals surface area contributed by atoms with Gasteiger partial charge in [-0.15, -0.1) is 0 Å². The van der Waals surface area contributed by atoms with E-state index in [9.17, 15) is 19.7 Å². The Morgan fingerprint density at radius 3 is 2.18 bits per heavy atom. The summed E-state index contributed by atoms with van der Waals surface area (Å²) in [4.78, 5) is 43.0. The molecule has 0 aliphatic carbocycles. The van der Waals surface area contributed by atoms with Gasteiger partial charge in [0.15, 0.2) is 11.0 Å². The summed E-state index contributed by atoms with van der Waals surface area (Å²) in [6, 6.07) is 22.3. The molecule has 1 aliphatic rings. The first-order valence-corrected chi connectivity index (χ1v) is 11.0. The van der Waals surface area contributed by atoms with Gasteiger partial charge in [-0.25, -0.2) is 0 Å². The number of hydrogen-bond donors (Lipinski definition) is 1. The molecule has 1 aliphatic heterocycles. The summed E-state index contributed by atoms with van der Waals surface area (Å²) in [5.41, 5.74) is 1.18. The number of nitrogens with zero attached hydrogens (tertiary/aromatic N) is 3. The standard InChI is InChI=1S/C23H16N4O4S2/c28-21-20(22(29)26(23(32)25-21)16-4-2-1-3-5-16)14-24-15-6-10-18(11-7-15)33-19-12-8-17(9-13-19)27(30)31/h1-14,20H,(H,25,28,32)/t20-/m0/s1. The van der Waals surface area contributed by atoms with E-state index < -0.39 is 22.7 Å². The molecule has 1 saturated heterocycles. The van der Waals surface area contributed by atoms with Gasteiger partial charge in [0.25, 0.3) is 11.6 Å². The summed E-state index contributed by atoms with van der Waals surface area (Å²) >= 11 is 6.62. The average Bonchev–Trinajstić information content (AvgIpc) is 2.81. The van der Waals surface area contributed by atoms with E-state index >= 15 is 0 Å². The first-order chi connectivity index (χ1) is 15.9. The smallest absolute Gasteiger partial charge is 0.269 e. The normalized spacial score (nSPS) is 16.2. The van der Waals surface area contributed by atoms with Crippen molar-refractivity contribution in [2.45, 2.75) is 9.79 Å². The third-order valence-corrected chi connectivity index (χ3v) is 6.01. The molecular weight excluding hydrogens is 460 g/mol. The molecule has 3 aromatic carbocycles. The highest BCUT2D eigenvalue weighted by atomic mass is 32.2. The number of para-hydroxylation sites is 1. The van der Waals surface area contributed by atoms with Gasteiger partial charge >= 0.3 is 0 Å². The molecular formula is C23H16N4O4S2. The van der Waals surface area contributed by atoms with E-state index in [2.05, 4.69) is 10.3 Å². The zero-order valence-electron chi connectivity index (χ0n) is 17.0. The average molecular weight is 477 g/mol. The molecule has 1 heterocycles. The molecule has 4 rings (SSSR count). The molecule has 1 N–H and O–H groups in total. The largest absolute Gasteiger partial charge is 0.301 e. The maximum atomic E-state index is 12.9. The predicted octanol–water partition coefficient (Wildman–Crippen LogP) is 4.51. The Morgan fingerprint density at radius 2 is 1.58 bits per heavy atom. The van der Waals surface area contributed by atoms with Crippen LogP contribution in [0.15, 0.2) is 93.6 Å². The number of nitro benzene ring substituents is 1. The molecule has 0 spiro atoms. The van der Waals surface area contributed by atoms with Crippen molar-refractivity contribution < 1.29 is 14.5 Å². The molecule has 33 heavy (non-hydrogen) atoms. The lowest BCUT2D eigenvalue weighted by Gasteiger charge is -2.30. The van der Waals surface area contributed by atoms with Crippen molar-refractivity contribution in [3.8, 4) is 0 Å². The highest BCUT2D eigenvalue weighted by Crippen LogP contribution is 2.30. The minimum atomic E-state index is -1.11. The number of carbonyl (C=O) groups excluding carboxylic acids is 2. The van der Waals surface area contributed by atoms with E-state index in [-0.39, 0.29) is 10.8 Å². The topological polar surface area (TPSA) is 105 Å². The molecule has 0 saturated carbocycles. The van der Waals surface area contributed by atoms with Gasteiger partial charge in [0.2, 0.25) is 5.91 Å². The Hall–Kier alpha value is -3.89. The maximum Gasteiger partial charge on any atom is 0.269 e. The number of hydrogen-bond acceptors (Lipinski definition) is 7. The van der Waals surface area contributed by atoms with Crippen molar-refractivity contribution in [3.05, 3.63) is 89.0 Å². The van der Waals surface area contributed by atoms with Crippen molar-refractivity contribution >= 4 is 64.2 Å². The molecule has 1 fully saturated rings. The van der Waals surface area contributed by atoms with E-state index in [0.717, 1.165) is 9.79 Å². The second-order valence-corrected chi connectivity index (χ2v) is 8.44. The van der Waals surface area contributed by atoms with Crippen LogP contribution in [0.1, 0.15) is 0 Å². The summed E-state index contributed by atoms with van der Waals surface area (Å²) in [6.07, 6.45) is 1.31. The van der Waals surface area contributed by atoms with E-state index in [1.807, 2.05) is 18.2 Å². The lowest BCUT2D eigenvalue weighted by Crippen LogP contribution is -2.58. The van der Waals surface area contributed by atoms with Crippen LogP contribution in [-0.4, -0.2) is 28.1 Å². The predicted molar refractivity (Wildman–Crippen MR) is 130 cm³/mol. The lowest BCUT2D eigenvalue weighted by molar-refractivity contribution is -0.384. The minimum Gasteiger partial charge on any atom is -0.301 e. The molecule has 2 amide bonds. The van der Waals surface area contributed by atoms with Crippen LogP contribution in [0.3, 0.4) is 0 Å². The maximum absolute atomic E-state index is 12.9. The van der Waals surface area contributed by atoms with Crippen molar-refractivity contribution in [2.24, 2.45) is 10.9 Å². The van der Waals surface area contributed by atoms with Crippen LogP contribution in [0.4, 0.5) is 17.1 Å². The summed E-state index contributed by atoms with van der Waals surface area (Å²) in [7, 11) is 0. The molecule has 8 nitrogen and oxygen atoms in total. The zero-order chi connectivity index (χ0) is 23.4. The number of thiocarbonyl (C=S) groups is 1. The van der Waals surface area contributed by atoms with Crippen LogP contribution in [0.2, 0.25) is 0 Å². The Kier molecular flexibility index (Phi) is 6.57. The number of nitrogens with one attached hydrogen (secondary N) is 1. The SMILES string of the molecule is O=C1NC(=S)N(c2ccccc2)C(=O)[C@H]1C=Nc1ccc(Sc2ccc([N+](=O)[O-])cc2)cc1. The van der Waals surface area contributed by atoms with E-state index in [0.29, 0.717) is 11.4 Å². The molecule has 0 radical (unpaired) electrons. The molecule has 0 aromatic heterocycles. The van der Waals surface area contributed by atoms with Crippen molar-refractivity contribution in [1.82, 2.24) is 5.32 Å². The van der Waals surface area contributed by atoms with Crippen molar-refractivity contribution in [1.29, 1.82) is 0 Å². The first-order valence-electron chi connectivity index (χ1n) is 9.73. The van der Waals surface area contributed by atoms with Crippen molar-refractivity contribution in [2.75, 3.05) is 4.90 Å². The molecule has 164 valence electrons. The van der Waals surface area contributed by atoms with Gasteiger partial charge in [-0.05, 0) is 60.7 Å². The summed E-state index contributed by atoms with van der Waals surface area (Å²) in [5.74, 6) is -2.10. The van der Waals surface area contributed by atoms with Gasteiger partial charge in [-0.3, -0.25) is 29.6 Å². The van der Waals surface area contributed by atoms with Gasteiger partial charge in [0.05, 0.1) is 16.3 Å². The number of benzene rings is 3. The van der Waals surface area contributed by atoms with Crippen molar-refractivity contribution in [3.63, 3.8) is 0 Å². The summed E-state index contributed by atoms with van der Waals surface area (Å²) in [6.45, 7) is 0. The van der Waals surface area contributed by atoms with E-state index in [1.54, 1.807) is 48.5 Å². The number of amides is 2. The fraction of sp³-hybridized carbons (Fsp3) is 0.0435. The third-order valence-electron chi connectivity index (χ3n) is 4.71. The lowest BCUT2D eigenvalue weighted by atomic mass is 10.1. The number of carbonyl (C=O) groups is 2. The Morgan fingerprint density at radius 1 is 0.970 bits per heavy atom. The number of rotatable bonds is 6. The number of non-ortho nitro benzene ring substituents is 1. The van der Waals surface area contributed by atoms with Gasteiger partial charge < -0.3 is 5.32 Å². The van der Waals surface area contributed by atoms with Crippen LogP contribution < -0.4 is 10.2 Å². The summed E-state index contributed by atoms with van der Waals surface area (Å²) < 4.78 is 0. The fourth-order valence-corrected chi connectivity index (χ4v) is 4.19. The molecule has 3 aromatic rings. The van der Waals surface area contributed by atoms with Gasteiger partial charge in [0.1, 0.15) is 0 Å². The Labute approximate surface area is 198 Å². The molecule has 0 bridgehead atoms. The zero-order valence-corrected chi connectivity index (χ0v) is 18.6. The minimum absolute atomic E-state index is 0.0356. The van der Waals surface area contributed by atoms with E-state index in [4.69, 9.17) is 12.2 Å². The van der Waals surface area contributed by atoms with Crippen LogP contribution in [0, 0.1) is 16.0 Å². The van der Waals surface area contributed by atoms with Crippen LogP contribution in [0.5, 0.6) is 0 Å². The molecule has 0 unspecified atom stereocenters. The quantitative estimate of drug-likeness (QED) is 0.184. The van der Waals surface area contributed by atoms with Gasteiger partial charge in [-0.1, -0.05) is 30.0 Å². The highest BCUT2D eigenvalue weighted by molar-refractivity contribution is 7.99.